The number of carbonyl (C=O) groups is 2. The summed E-state index contributed by atoms with van der Waals surface area (Å²) in [7, 11) is -4.78. The van der Waals surface area contributed by atoms with Gasteiger partial charge in [0.25, 0.3) is 0 Å². The predicted octanol–water partition coefficient (Wildman–Crippen LogP) is 7.46. The number of hydrogen-bond acceptors (Lipinski definition) is 14. The Kier molecular flexibility index (Phi) is 32.0. The van der Waals surface area contributed by atoms with Crippen LogP contribution in [0.15, 0.2) is 17.5 Å². The van der Waals surface area contributed by atoms with Gasteiger partial charge in [-0.25, -0.2) is 4.57 Å². The largest absolute Gasteiger partial charge is 0.469 e. The van der Waals surface area contributed by atoms with Crippen LogP contribution in [-0.4, -0.2) is 114 Å². The van der Waals surface area contributed by atoms with E-state index < -0.39 is 32.5 Å². The van der Waals surface area contributed by atoms with Gasteiger partial charge in [0, 0.05) is 49.8 Å². The Morgan fingerprint density at radius 1 is 0.750 bits per heavy atom. The number of ether oxygens (including phenoxy) is 2. The number of nitrogens with zero attached hydrogens (tertiary/aromatic N) is 9. The fourth-order valence-electron chi connectivity index (χ4n) is 5.20. The summed E-state index contributed by atoms with van der Waals surface area (Å²) in [6, 6.07) is 0. The van der Waals surface area contributed by atoms with Gasteiger partial charge in [0.2, 0.25) is 0 Å². The fourth-order valence-corrected chi connectivity index (χ4v) is 6.82. The number of phosphoric acid groups is 1. The molecule has 0 radical (unpaired) electrons. The van der Waals surface area contributed by atoms with E-state index in [1.54, 1.807) is 11.8 Å². The monoisotopic (exact) mass is 865 g/mol. The number of hydrogen-bond donors (Lipinski definition) is 2. The summed E-state index contributed by atoms with van der Waals surface area (Å²) in [6.45, 7) is 1.50. The van der Waals surface area contributed by atoms with E-state index in [1.165, 1.54) is 0 Å². The molecule has 0 aliphatic heterocycles. The van der Waals surface area contributed by atoms with Crippen LogP contribution >= 0.6 is 43.1 Å². The molecular weight excluding hydrogens is 802 g/mol. The maximum Gasteiger partial charge on any atom is 0.469 e. The molecule has 2 aromatic heterocycles. The number of esters is 2. The van der Waals surface area contributed by atoms with Gasteiger partial charge in [-0.1, -0.05) is 54.1 Å². The van der Waals surface area contributed by atoms with Crippen LogP contribution in [0.1, 0.15) is 108 Å². The van der Waals surface area contributed by atoms with E-state index in [4.69, 9.17) is 24.8 Å². The molecule has 0 aliphatic carbocycles. The van der Waals surface area contributed by atoms with Gasteiger partial charge in [0.05, 0.1) is 18.0 Å². The molecule has 0 spiro atoms. The number of azide groups is 1. The average molecular weight is 866 g/mol. The van der Waals surface area contributed by atoms with E-state index in [2.05, 4.69) is 47.7 Å². The molecule has 0 saturated carbocycles. The molecule has 2 rings (SSSR count). The van der Waals surface area contributed by atoms with Crippen molar-refractivity contribution in [2.45, 2.75) is 128 Å². The highest BCUT2D eigenvalue weighted by Crippen LogP contribution is 2.36. The predicted molar refractivity (Wildman–Crippen MR) is 225 cm³/mol. The summed E-state index contributed by atoms with van der Waals surface area (Å²) >= 11 is 5.41. The zero-order valence-corrected chi connectivity index (χ0v) is 36.8. The second-order valence-corrected chi connectivity index (χ2v) is 17.3. The molecular formula is C35H64N9O8PS3. The molecule has 1 atom stereocenters. The van der Waals surface area contributed by atoms with Crippen LogP contribution in [0.2, 0.25) is 0 Å². The van der Waals surface area contributed by atoms with Gasteiger partial charge in [-0.05, 0) is 99.3 Å². The SMILES string of the molecule is CSCCCN=[N+]=[N-].CSCCCn1cc(CCCCCCCC(=O)OCC(COP(=O)(O)O)OC(=O)CCCCCCCc2cn(CCCSC)nn2)nn1. The van der Waals surface area contributed by atoms with E-state index in [0.717, 1.165) is 125 Å². The minimum atomic E-state index is -4.78. The van der Waals surface area contributed by atoms with Crippen molar-refractivity contribution in [2.24, 2.45) is 5.11 Å². The maximum atomic E-state index is 12.4. The van der Waals surface area contributed by atoms with Crippen molar-refractivity contribution in [3.05, 3.63) is 34.2 Å². The summed E-state index contributed by atoms with van der Waals surface area (Å²) in [5.74, 6) is 2.31. The van der Waals surface area contributed by atoms with Gasteiger partial charge in [0.15, 0.2) is 6.10 Å². The highest BCUT2D eigenvalue weighted by Gasteiger charge is 2.23. The van der Waals surface area contributed by atoms with E-state index in [1.807, 2.05) is 51.5 Å². The van der Waals surface area contributed by atoms with Crippen LogP contribution in [0.5, 0.6) is 0 Å². The third-order valence-corrected chi connectivity index (χ3v) is 10.7. The van der Waals surface area contributed by atoms with Crippen molar-refractivity contribution in [3.63, 3.8) is 0 Å². The quantitative estimate of drug-likeness (QED) is 0.0174. The summed E-state index contributed by atoms with van der Waals surface area (Å²) < 4.78 is 30.1. The van der Waals surface area contributed by atoms with Crippen molar-refractivity contribution in [2.75, 3.05) is 55.8 Å². The lowest BCUT2D eigenvalue weighted by Crippen LogP contribution is -2.29. The second-order valence-electron chi connectivity index (χ2n) is 13.1. The van der Waals surface area contributed by atoms with Gasteiger partial charge in [-0.3, -0.25) is 23.5 Å². The van der Waals surface area contributed by atoms with Gasteiger partial charge in [-0.15, -0.1) is 10.2 Å². The van der Waals surface area contributed by atoms with E-state index in [0.29, 0.717) is 19.4 Å². The number of rotatable bonds is 34. The Morgan fingerprint density at radius 3 is 1.73 bits per heavy atom. The lowest BCUT2D eigenvalue weighted by molar-refractivity contribution is -0.161. The van der Waals surface area contributed by atoms with E-state index in [9.17, 15) is 14.2 Å². The Hall–Kier alpha value is -2.31. The van der Waals surface area contributed by atoms with Crippen LogP contribution in [0.4, 0.5) is 0 Å². The number of aromatic nitrogens is 6. The minimum absolute atomic E-state index is 0.154. The molecule has 2 heterocycles. The molecule has 0 aromatic carbocycles. The van der Waals surface area contributed by atoms with Gasteiger partial charge in [0.1, 0.15) is 6.61 Å². The van der Waals surface area contributed by atoms with Crippen molar-refractivity contribution < 1.29 is 37.9 Å². The zero-order valence-electron chi connectivity index (χ0n) is 33.5. The Labute approximate surface area is 345 Å². The third-order valence-electron chi connectivity index (χ3n) is 8.10. The molecule has 320 valence electrons. The summed E-state index contributed by atoms with van der Waals surface area (Å²) in [6.07, 6.45) is 23.3. The molecule has 0 amide bonds. The molecule has 2 N–H and O–H groups in total. The van der Waals surface area contributed by atoms with Crippen molar-refractivity contribution in [1.29, 1.82) is 0 Å². The summed E-state index contributed by atoms with van der Waals surface area (Å²) in [5, 5.41) is 20.2. The zero-order chi connectivity index (χ0) is 41.1. The number of thioether (sulfide) groups is 3. The summed E-state index contributed by atoms with van der Waals surface area (Å²) in [5.41, 5.74) is 9.81. The van der Waals surface area contributed by atoms with Gasteiger partial charge >= 0.3 is 19.8 Å². The Bertz CT molecular complexity index is 1400. The lowest BCUT2D eigenvalue weighted by atomic mass is 10.1. The Morgan fingerprint density at radius 2 is 1.23 bits per heavy atom. The first kappa shape index (κ1) is 51.7. The topological polar surface area (TPSA) is 230 Å². The maximum absolute atomic E-state index is 12.4. The first-order valence-corrected chi connectivity index (χ1v) is 25.1. The van der Waals surface area contributed by atoms with Crippen LogP contribution in [0.3, 0.4) is 0 Å². The molecule has 21 heteroatoms. The van der Waals surface area contributed by atoms with E-state index >= 15 is 0 Å². The average Bonchev–Trinajstić information content (AvgIpc) is 3.83. The third kappa shape index (κ3) is 30.8. The van der Waals surface area contributed by atoms with Crippen molar-refractivity contribution >= 4 is 55.0 Å². The fraction of sp³-hybridized carbons (Fsp3) is 0.829. The molecule has 0 bridgehead atoms. The first-order chi connectivity index (χ1) is 27.1. The molecule has 17 nitrogen and oxygen atoms in total. The molecule has 1 unspecified atom stereocenters. The minimum Gasteiger partial charge on any atom is -0.462 e. The summed E-state index contributed by atoms with van der Waals surface area (Å²) in [4.78, 5) is 45.4. The van der Waals surface area contributed by atoms with Crippen LogP contribution in [-0.2, 0) is 54.1 Å². The molecule has 0 saturated heterocycles. The molecule has 56 heavy (non-hydrogen) atoms. The lowest BCUT2D eigenvalue weighted by Gasteiger charge is -2.18. The number of phosphoric ester groups is 1. The first-order valence-electron chi connectivity index (χ1n) is 19.4. The van der Waals surface area contributed by atoms with Gasteiger partial charge < -0.3 is 19.3 Å². The van der Waals surface area contributed by atoms with Crippen LogP contribution in [0.25, 0.3) is 10.4 Å². The number of unbranched alkanes of at least 4 members (excludes halogenated alkanes) is 8. The highest BCUT2D eigenvalue weighted by molar-refractivity contribution is 7.98. The van der Waals surface area contributed by atoms with Crippen LogP contribution < -0.4 is 0 Å². The van der Waals surface area contributed by atoms with Crippen molar-refractivity contribution in [3.8, 4) is 0 Å². The number of aryl methyl sites for hydroxylation is 4. The van der Waals surface area contributed by atoms with Gasteiger partial charge in [-0.2, -0.15) is 35.3 Å². The normalized spacial score (nSPS) is 11.7. The standard InChI is InChI=1S/C31H55N6O8PS2.C4H9N3S/c1-47-21-13-19-36-23-27(32-34-36)15-9-5-3-7-11-17-30(38)43-25-29(26-44-46(40,41)42)45-31(39)18-12-8-4-6-10-16-28-24-37(35-33-28)20-14-22-48-2;1-8-4-2-3-6-7-5/h23-24,29H,3-22,25-26H2,1-2H3,(H2,40,41,42);2-4H2,1H3. The molecule has 0 fully saturated rings. The smallest absolute Gasteiger partial charge is 0.462 e. The van der Waals surface area contributed by atoms with Crippen molar-refractivity contribution in [1.82, 2.24) is 30.0 Å². The molecule has 0 aliphatic rings. The Balaban J connectivity index is 0.00000176. The second kappa shape index (κ2) is 34.7. The highest BCUT2D eigenvalue weighted by atomic mass is 32.2. The number of carbonyl (C=O) groups excluding carboxylic acids is 2. The molecule has 2 aromatic rings. The van der Waals surface area contributed by atoms with Crippen LogP contribution in [0, 0.1) is 0 Å². The van der Waals surface area contributed by atoms with E-state index in [-0.39, 0.29) is 19.4 Å².